The summed E-state index contributed by atoms with van der Waals surface area (Å²) in [5, 5.41) is 0. The fourth-order valence-electron chi connectivity index (χ4n) is 3.16. The van der Waals surface area contributed by atoms with E-state index in [4.69, 9.17) is 5.73 Å². The molecule has 0 atom stereocenters. The Balaban J connectivity index is 1.70. The van der Waals surface area contributed by atoms with E-state index in [-0.39, 0.29) is 17.3 Å². The molecule has 0 bridgehead atoms. The minimum Gasteiger partial charge on any atom is -0.349 e. The van der Waals surface area contributed by atoms with Gasteiger partial charge in [0.25, 0.3) is 10.0 Å². The lowest BCUT2D eigenvalue weighted by Crippen LogP contribution is -2.45. The van der Waals surface area contributed by atoms with Crippen LogP contribution >= 0.6 is 0 Å². The van der Waals surface area contributed by atoms with E-state index in [1.165, 1.54) is 6.07 Å². The molecule has 2 aliphatic heterocycles. The van der Waals surface area contributed by atoms with Crippen molar-refractivity contribution < 1.29 is 13.2 Å². The van der Waals surface area contributed by atoms with Crippen molar-refractivity contribution in [3.05, 3.63) is 29.8 Å². The summed E-state index contributed by atoms with van der Waals surface area (Å²) in [5.41, 5.74) is 6.23. The number of benzene rings is 1. The van der Waals surface area contributed by atoms with Gasteiger partial charge in [-0.25, -0.2) is 0 Å². The molecule has 0 radical (unpaired) electrons. The maximum Gasteiger partial charge on any atom is 0.285 e. The number of carbonyl (C=O) groups excluding carboxylic acids is 1. The highest BCUT2D eigenvalue weighted by molar-refractivity contribution is 7.90. The molecular formula is C16H22N4O3S. The Morgan fingerprint density at radius 1 is 1.33 bits per heavy atom. The molecule has 1 saturated heterocycles. The average molecular weight is 350 g/mol. The summed E-state index contributed by atoms with van der Waals surface area (Å²) in [6.07, 6.45) is 1.84. The molecule has 0 saturated carbocycles. The van der Waals surface area contributed by atoms with Crippen molar-refractivity contribution >= 4 is 21.8 Å². The number of amides is 1. The SMILES string of the molecule is CN(CC(=O)N1CCC(CN)CC1)C1=NS(=O)(=O)c2ccccc21. The molecule has 2 heterocycles. The lowest BCUT2D eigenvalue weighted by Gasteiger charge is -2.32. The van der Waals surface area contributed by atoms with Crippen LogP contribution in [0.4, 0.5) is 0 Å². The maximum absolute atomic E-state index is 12.5. The smallest absolute Gasteiger partial charge is 0.285 e. The topological polar surface area (TPSA) is 96.1 Å². The summed E-state index contributed by atoms with van der Waals surface area (Å²) in [4.78, 5) is 16.1. The molecule has 7 nitrogen and oxygen atoms in total. The molecule has 24 heavy (non-hydrogen) atoms. The molecular weight excluding hydrogens is 328 g/mol. The minimum absolute atomic E-state index is 0.0162. The first-order chi connectivity index (χ1) is 11.4. The predicted octanol–water partition coefficient (Wildman–Crippen LogP) is 0.265. The number of piperidine rings is 1. The second-order valence-electron chi connectivity index (χ2n) is 6.30. The number of fused-ring (bicyclic) bond motifs is 1. The van der Waals surface area contributed by atoms with E-state index in [1.54, 1.807) is 30.1 Å². The number of carbonyl (C=O) groups is 1. The van der Waals surface area contributed by atoms with E-state index in [2.05, 4.69) is 4.40 Å². The van der Waals surface area contributed by atoms with Gasteiger partial charge < -0.3 is 15.5 Å². The van der Waals surface area contributed by atoms with E-state index in [0.717, 1.165) is 12.8 Å². The summed E-state index contributed by atoms with van der Waals surface area (Å²) in [6.45, 7) is 2.18. The predicted molar refractivity (Wildman–Crippen MR) is 91.2 cm³/mol. The minimum atomic E-state index is -3.66. The number of amidine groups is 1. The Morgan fingerprint density at radius 2 is 2.00 bits per heavy atom. The van der Waals surface area contributed by atoms with Gasteiger partial charge in [0.1, 0.15) is 4.90 Å². The van der Waals surface area contributed by atoms with E-state index in [0.29, 0.717) is 37.0 Å². The molecule has 0 spiro atoms. The number of nitrogens with two attached hydrogens (primary N) is 1. The van der Waals surface area contributed by atoms with Crippen LogP contribution in [0.15, 0.2) is 33.6 Å². The van der Waals surface area contributed by atoms with E-state index < -0.39 is 10.0 Å². The van der Waals surface area contributed by atoms with E-state index in [1.807, 2.05) is 4.90 Å². The molecule has 8 heteroatoms. The molecule has 130 valence electrons. The van der Waals surface area contributed by atoms with Gasteiger partial charge in [-0.1, -0.05) is 12.1 Å². The highest BCUT2D eigenvalue weighted by Crippen LogP contribution is 2.27. The average Bonchev–Trinajstić information content (AvgIpc) is 2.87. The van der Waals surface area contributed by atoms with Crippen molar-refractivity contribution in [2.24, 2.45) is 16.0 Å². The lowest BCUT2D eigenvalue weighted by atomic mass is 9.97. The van der Waals surface area contributed by atoms with Gasteiger partial charge in [-0.05, 0) is 37.4 Å². The zero-order valence-electron chi connectivity index (χ0n) is 13.7. The van der Waals surface area contributed by atoms with Crippen LogP contribution in [0.5, 0.6) is 0 Å². The first kappa shape index (κ1) is 16.9. The van der Waals surface area contributed by atoms with Gasteiger partial charge in [0, 0.05) is 25.7 Å². The fourth-order valence-corrected chi connectivity index (χ4v) is 4.41. The second-order valence-corrected chi connectivity index (χ2v) is 7.87. The second kappa shape index (κ2) is 6.52. The molecule has 2 aliphatic rings. The van der Waals surface area contributed by atoms with Crippen molar-refractivity contribution in [1.82, 2.24) is 9.80 Å². The van der Waals surface area contributed by atoms with Crippen molar-refractivity contribution in [3.8, 4) is 0 Å². The standard InChI is InChI=1S/C16H22N4O3S/c1-19(11-15(21)20-8-6-12(10-17)7-9-20)16-13-4-2-3-5-14(13)24(22,23)18-16/h2-5,12H,6-11,17H2,1H3. The van der Waals surface area contributed by atoms with Crippen LogP contribution in [0, 0.1) is 5.92 Å². The van der Waals surface area contributed by atoms with Crippen LogP contribution in [0.3, 0.4) is 0 Å². The van der Waals surface area contributed by atoms with Gasteiger partial charge in [-0.3, -0.25) is 4.79 Å². The number of likely N-dealkylation sites (tertiary alicyclic amines) is 1. The first-order valence-electron chi connectivity index (χ1n) is 8.05. The van der Waals surface area contributed by atoms with Crippen molar-refractivity contribution in [1.29, 1.82) is 0 Å². The maximum atomic E-state index is 12.5. The third kappa shape index (κ3) is 3.16. The Bertz CT molecular complexity index is 767. The van der Waals surface area contributed by atoms with Gasteiger partial charge >= 0.3 is 0 Å². The monoisotopic (exact) mass is 350 g/mol. The summed E-state index contributed by atoms with van der Waals surface area (Å²) >= 11 is 0. The Hall–Kier alpha value is -1.93. The number of hydrogen-bond acceptors (Lipinski definition) is 5. The largest absolute Gasteiger partial charge is 0.349 e. The first-order valence-corrected chi connectivity index (χ1v) is 9.49. The molecule has 3 rings (SSSR count). The van der Waals surface area contributed by atoms with Crippen LogP contribution in [-0.2, 0) is 14.8 Å². The number of sulfonamides is 1. The van der Waals surface area contributed by atoms with Crippen LogP contribution < -0.4 is 5.73 Å². The Morgan fingerprint density at radius 3 is 2.67 bits per heavy atom. The van der Waals surface area contributed by atoms with Crippen LogP contribution in [-0.4, -0.2) is 63.2 Å². The van der Waals surface area contributed by atoms with E-state index in [9.17, 15) is 13.2 Å². The van der Waals surface area contributed by atoms with Crippen molar-refractivity contribution in [2.45, 2.75) is 17.7 Å². The van der Waals surface area contributed by atoms with Gasteiger partial charge in [0.05, 0.1) is 6.54 Å². The van der Waals surface area contributed by atoms with Gasteiger partial charge in [-0.2, -0.15) is 8.42 Å². The van der Waals surface area contributed by atoms with Crippen LogP contribution in [0.25, 0.3) is 0 Å². The zero-order chi connectivity index (χ0) is 17.3. The van der Waals surface area contributed by atoms with Crippen molar-refractivity contribution in [2.75, 3.05) is 33.2 Å². The highest BCUT2D eigenvalue weighted by Gasteiger charge is 2.31. The Labute approximate surface area is 142 Å². The highest BCUT2D eigenvalue weighted by atomic mass is 32.2. The molecule has 1 aromatic carbocycles. The van der Waals surface area contributed by atoms with Gasteiger partial charge in [-0.15, -0.1) is 4.40 Å². The normalized spacial score (nSPS) is 19.8. The number of hydrogen-bond donors (Lipinski definition) is 1. The molecule has 2 N–H and O–H groups in total. The lowest BCUT2D eigenvalue weighted by molar-refractivity contribution is -0.132. The van der Waals surface area contributed by atoms with Gasteiger partial charge in [0.2, 0.25) is 5.91 Å². The number of likely N-dealkylation sites (N-methyl/N-ethyl adjacent to an activating group) is 1. The molecule has 0 aliphatic carbocycles. The molecule has 1 amide bonds. The molecule has 1 aromatic rings. The molecule has 0 aromatic heterocycles. The van der Waals surface area contributed by atoms with Gasteiger partial charge in [0.15, 0.2) is 5.84 Å². The third-order valence-electron chi connectivity index (χ3n) is 4.65. The van der Waals surface area contributed by atoms with E-state index >= 15 is 0 Å². The Kier molecular flexibility index (Phi) is 4.60. The summed E-state index contributed by atoms with van der Waals surface area (Å²) in [5.74, 6) is 0.802. The zero-order valence-corrected chi connectivity index (χ0v) is 14.5. The summed E-state index contributed by atoms with van der Waals surface area (Å²) in [6, 6.07) is 6.69. The number of nitrogens with zero attached hydrogens (tertiary/aromatic N) is 3. The number of rotatable bonds is 3. The fraction of sp³-hybridized carbons (Fsp3) is 0.500. The van der Waals surface area contributed by atoms with Crippen LogP contribution in [0.1, 0.15) is 18.4 Å². The summed E-state index contributed by atoms with van der Waals surface area (Å²) < 4.78 is 28.0. The quantitative estimate of drug-likeness (QED) is 0.844. The van der Waals surface area contributed by atoms with Crippen molar-refractivity contribution in [3.63, 3.8) is 0 Å². The van der Waals surface area contributed by atoms with Crippen LogP contribution in [0.2, 0.25) is 0 Å². The summed E-state index contributed by atoms with van der Waals surface area (Å²) in [7, 11) is -1.97. The molecule has 0 unspecified atom stereocenters. The molecule has 1 fully saturated rings. The third-order valence-corrected chi connectivity index (χ3v) is 5.97.